The van der Waals surface area contributed by atoms with E-state index in [1.165, 1.54) is 5.56 Å². The van der Waals surface area contributed by atoms with E-state index >= 15 is 0 Å². The summed E-state index contributed by atoms with van der Waals surface area (Å²) in [5.41, 5.74) is 0.650. The molecule has 1 N–H and O–H groups in total. The number of quaternary nitrogens is 1. The molecule has 5 heteroatoms. The SMILES string of the molecule is O=C(O[C@@H]1C[N+]2(CCCc3ccccc3)CCC1CC2)C(O)(c1ccccc1)c1ccccc1.[Br-]. The maximum atomic E-state index is 13.6. The summed E-state index contributed by atoms with van der Waals surface area (Å²) < 4.78 is 7.21. The van der Waals surface area contributed by atoms with Gasteiger partial charge in [-0.3, -0.25) is 0 Å². The van der Waals surface area contributed by atoms with Crippen LogP contribution in [0.15, 0.2) is 91.0 Å². The highest BCUT2D eigenvalue weighted by Crippen LogP contribution is 2.38. The molecule has 0 aliphatic carbocycles. The van der Waals surface area contributed by atoms with Crippen molar-refractivity contribution in [3.63, 3.8) is 0 Å². The fraction of sp³-hybridized carbons (Fsp3) is 0.367. The molecule has 3 saturated heterocycles. The van der Waals surface area contributed by atoms with Crippen LogP contribution in [0.1, 0.15) is 36.0 Å². The van der Waals surface area contributed by atoms with Crippen molar-refractivity contribution >= 4 is 5.97 Å². The van der Waals surface area contributed by atoms with E-state index in [1.807, 2.05) is 36.4 Å². The van der Waals surface area contributed by atoms with Crippen molar-refractivity contribution in [3.05, 3.63) is 108 Å². The van der Waals surface area contributed by atoms with E-state index in [0.717, 1.165) is 56.3 Å². The number of benzene rings is 3. The van der Waals surface area contributed by atoms with Crippen LogP contribution >= 0.6 is 0 Å². The second-order valence-electron chi connectivity index (χ2n) is 10.0. The minimum atomic E-state index is -1.81. The third-order valence-corrected chi connectivity index (χ3v) is 7.92. The Morgan fingerprint density at radius 3 is 1.91 bits per heavy atom. The molecular weight excluding hydrogens is 502 g/mol. The van der Waals surface area contributed by atoms with Crippen molar-refractivity contribution in [3.8, 4) is 0 Å². The average Bonchev–Trinajstić information content (AvgIpc) is 2.90. The van der Waals surface area contributed by atoms with E-state index < -0.39 is 11.6 Å². The van der Waals surface area contributed by atoms with Gasteiger partial charge in [0.05, 0.1) is 19.6 Å². The Morgan fingerprint density at radius 2 is 1.37 bits per heavy atom. The van der Waals surface area contributed by atoms with Gasteiger partial charge < -0.3 is 31.3 Å². The Labute approximate surface area is 218 Å². The molecule has 35 heavy (non-hydrogen) atoms. The molecule has 4 nitrogen and oxygen atoms in total. The van der Waals surface area contributed by atoms with Crippen LogP contribution in [0.25, 0.3) is 0 Å². The third kappa shape index (κ3) is 5.37. The number of hydrogen-bond acceptors (Lipinski definition) is 3. The number of piperidine rings is 3. The number of esters is 1. The average molecular weight is 537 g/mol. The van der Waals surface area contributed by atoms with Crippen molar-refractivity contribution in [2.45, 2.75) is 37.4 Å². The van der Waals surface area contributed by atoms with Crippen LogP contribution < -0.4 is 17.0 Å². The minimum absolute atomic E-state index is 0. The van der Waals surface area contributed by atoms with Gasteiger partial charge in [-0.15, -0.1) is 0 Å². The number of carbonyl (C=O) groups is 1. The summed E-state index contributed by atoms with van der Waals surface area (Å²) in [4.78, 5) is 13.6. The monoisotopic (exact) mass is 535 g/mol. The molecule has 0 radical (unpaired) electrons. The first kappa shape index (κ1) is 25.6. The summed E-state index contributed by atoms with van der Waals surface area (Å²) in [6.07, 6.45) is 4.23. The molecular formula is C30H34BrNO3. The van der Waals surface area contributed by atoms with Gasteiger partial charge in [-0.2, -0.15) is 0 Å². The summed E-state index contributed by atoms with van der Waals surface area (Å²) >= 11 is 0. The molecule has 0 saturated carbocycles. The first-order valence-electron chi connectivity index (χ1n) is 12.5. The van der Waals surface area contributed by atoms with E-state index in [2.05, 4.69) is 30.3 Å². The van der Waals surface area contributed by atoms with E-state index in [4.69, 9.17) is 4.74 Å². The lowest BCUT2D eigenvalue weighted by Crippen LogP contribution is -3.00. The van der Waals surface area contributed by atoms with Crippen molar-refractivity contribution in [2.75, 3.05) is 26.2 Å². The van der Waals surface area contributed by atoms with Crippen LogP contribution in [0.2, 0.25) is 0 Å². The molecule has 3 heterocycles. The first-order valence-corrected chi connectivity index (χ1v) is 12.5. The molecule has 3 aromatic rings. The lowest BCUT2D eigenvalue weighted by molar-refractivity contribution is -0.946. The van der Waals surface area contributed by atoms with Crippen molar-refractivity contribution in [1.29, 1.82) is 0 Å². The second-order valence-corrected chi connectivity index (χ2v) is 10.0. The van der Waals surface area contributed by atoms with Gasteiger partial charge in [-0.05, 0) is 23.1 Å². The van der Waals surface area contributed by atoms with Crippen molar-refractivity contribution < 1.29 is 36.1 Å². The summed E-state index contributed by atoms with van der Waals surface area (Å²) in [6, 6.07) is 29.0. The molecule has 6 rings (SSSR count). The number of hydrogen-bond donors (Lipinski definition) is 1. The highest BCUT2D eigenvalue weighted by molar-refractivity contribution is 5.85. The lowest BCUT2D eigenvalue weighted by Gasteiger charge is -2.52. The van der Waals surface area contributed by atoms with Gasteiger partial charge in [0.2, 0.25) is 5.60 Å². The normalized spacial score (nSPS) is 23.3. The Hall–Kier alpha value is -2.47. The number of ether oxygens (including phenoxy) is 1. The molecule has 1 atom stereocenters. The molecule has 3 fully saturated rings. The zero-order valence-corrected chi connectivity index (χ0v) is 21.6. The number of aliphatic hydroxyl groups is 1. The van der Waals surface area contributed by atoms with Crippen molar-refractivity contribution in [2.24, 2.45) is 5.92 Å². The maximum Gasteiger partial charge on any atom is 0.348 e. The minimum Gasteiger partial charge on any atom is -1.00 e. The summed E-state index contributed by atoms with van der Waals surface area (Å²) in [5.74, 6) is -0.181. The molecule has 0 aromatic heterocycles. The van der Waals surface area contributed by atoms with Gasteiger partial charge in [0.1, 0.15) is 6.54 Å². The Kier molecular flexibility index (Phi) is 8.10. The van der Waals surface area contributed by atoms with E-state index in [1.54, 1.807) is 24.3 Å². The highest BCUT2D eigenvalue weighted by Gasteiger charge is 2.50. The van der Waals surface area contributed by atoms with E-state index in [0.29, 0.717) is 17.0 Å². The van der Waals surface area contributed by atoms with Crippen LogP contribution in [0, 0.1) is 5.92 Å². The lowest BCUT2D eigenvalue weighted by atomic mass is 9.82. The molecule has 3 aliphatic rings. The molecule has 0 spiro atoms. The fourth-order valence-corrected chi connectivity index (χ4v) is 5.92. The zero-order valence-electron chi connectivity index (χ0n) is 20.1. The molecule has 2 bridgehead atoms. The van der Waals surface area contributed by atoms with Crippen molar-refractivity contribution in [1.82, 2.24) is 0 Å². The van der Waals surface area contributed by atoms with Crippen LogP contribution in [-0.4, -0.2) is 47.8 Å². The maximum absolute atomic E-state index is 13.6. The number of fused-ring (bicyclic) bond motifs is 3. The Bertz CT molecular complexity index is 1040. The quantitative estimate of drug-likeness (QED) is 0.353. The van der Waals surface area contributed by atoms with Crippen LogP contribution in [0.5, 0.6) is 0 Å². The summed E-state index contributed by atoms with van der Waals surface area (Å²) in [7, 11) is 0. The van der Waals surface area contributed by atoms with Crippen LogP contribution in [0.4, 0.5) is 0 Å². The number of halogens is 1. The van der Waals surface area contributed by atoms with Gasteiger partial charge in [0.15, 0.2) is 6.10 Å². The number of carbonyl (C=O) groups excluding carboxylic acids is 1. The molecule has 3 aliphatic heterocycles. The fourth-order valence-electron chi connectivity index (χ4n) is 5.92. The van der Waals surface area contributed by atoms with E-state index in [-0.39, 0.29) is 23.1 Å². The topological polar surface area (TPSA) is 46.5 Å². The number of nitrogens with zero attached hydrogens (tertiary/aromatic N) is 1. The van der Waals surface area contributed by atoms with Crippen LogP contribution in [0.3, 0.4) is 0 Å². The first-order chi connectivity index (χ1) is 16.6. The van der Waals surface area contributed by atoms with E-state index in [9.17, 15) is 9.90 Å². The van der Waals surface area contributed by atoms with Gasteiger partial charge in [0, 0.05) is 25.2 Å². The van der Waals surface area contributed by atoms with Gasteiger partial charge in [0.25, 0.3) is 0 Å². The summed E-state index contributed by atoms with van der Waals surface area (Å²) in [5, 5.41) is 11.8. The highest BCUT2D eigenvalue weighted by atomic mass is 79.9. The Morgan fingerprint density at radius 1 is 0.857 bits per heavy atom. The smallest absolute Gasteiger partial charge is 0.348 e. The van der Waals surface area contributed by atoms with Crippen LogP contribution in [-0.2, 0) is 21.6 Å². The largest absolute Gasteiger partial charge is 1.00 e. The predicted octanol–water partition coefficient (Wildman–Crippen LogP) is 1.71. The zero-order chi connectivity index (χ0) is 23.4. The standard InChI is InChI=1S/C30H34NO3.BrH/c32-29(30(33,26-14-6-2-7-15-26)27-16-8-3-9-17-27)34-28-23-31(21-18-25(28)19-22-31)20-10-13-24-11-4-1-5-12-24;/h1-9,11-12,14-17,25,28,33H,10,13,18-23H2;1H/q+1;/p-1/t25?,28-,31?;/m1./s1. The molecule has 3 aromatic carbocycles. The van der Waals surface area contributed by atoms with Gasteiger partial charge in [-0.1, -0.05) is 91.0 Å². The van der Waals surface area contributed by atoms with Gasteiger partial charge in [-0.25, -0.2) is 4.79 Å². The Balaban J connectivity index is 0.00000289. The molecule has 0 unspecified atom stereocenters. The second kappa shape index (κ2) is 11.1. The predicted molar refractivity (Wildman–Crippen MR) is 133 cm³/mol. The third-order valence-electron chi connectivity index (χ3n) is 7.92. The summed E-state index contributed by atoms with van der Waals surface area (Å²) in [6.45, 7) is 4.28. The van der Waals surface area contributed by atoms with Gasteiger partial charge >= 0.3 is 5.97 Å². The molecule has 0 amide bonds. The molecule has 184 valence electrons. The number of aryl methyl sites for hydroxylation is 1. The number of rotatable bonds is 8.